The Morgan fingerprint density at radius 1 is 1.40 bits per heavy atom. The maximum Gasteiger partial charge on any atom is 0.273 e. The third-order valence-electron chi connectivity index (χ3n) is 2.38. The van der Waals surface area contributed by atoms with E-state index in [2.05, 4.69) is 20.8 Å². The van der Waals surface area contributed by atoms with Crippen LogP contribution in [0.1, 0.15) is 33.6 Å². The van der Waals surface area contributed by atoms with Gasteiger partial charge >= 0.3 is 0 Å². The highest BCUT2D eigenvalue weighted by molar-refractivity contribution is 5.33. The molecule has 84 valence electrons. The van der Waals surface area contributed by atoms with Crippen molar-refractivity contribution in [1.82, 2.24) is 4.57 Å². The number of nitrogens with zero attached hydrogens (tertiary/aromatic N) is 1. The van der Waals surface area contributed by atoms with Gasteiger partial charge in [-0.15, -0.1) is 0 Å². The summed E-state index contributed by atoms with van der Waals surface area (Å²) in [5.74, 6) is 0. The first-order chi connectivity index (χ1) is 6.90. The van der Waals surface area contributed by atoms with Gasteiger partial charge in [0, 0.05) is 12.7 Å². The van der Waals surface area contributed by atoms with Crippen LogP contribution in [0.3, 0.4) is 0 Å². The van der Waals surface area contributed by atoms with E-state index in [0.29, 0.717) is 11.1 Å². The lowest BCUT2D eigenvalue weighted by Gasteiger charge is -2.17. The quantitative estimate of drug-likeness (QED) is 0.828. The zero-order valence-corrected chi connectivity index (χ0v) is 9.79. The molecule has 0 spiro atoms. The van der Waals surface area contributed by atoms with Crippen molar-refractivity contribution in [3.8, 4) is 0 Å². The molecule has 0 aromatic carbocycles. The third-order valence-corrected chi connectivity index (χ3v) is 2.38. The Balaban J connectivity index is 2.59. The van der Waals surface area contributed by atoms with Gasteiger partial charge in [-0.3, -0.25) is 4.79 Å². The van der Waals surface area contributed by atoms with Gasteiger partial charge in [0.2, 0.25) is 0 Å². The first-order valence-corrected chi connectivity index (χ1v) is 5.35. The highest BCUT2D eigenvalue weighted by Gasteiger charge is 2.09. The molecule has 3 heteroatoms. The highest BCUT2D eigenvalue weighted by Crippen LogP contribution is 2.20. The van der Waals surface area contributed by atoms with E-state index < -0.39 is 0 Å². The van der Waals surface area contributed by atoms with Gasteiger partial charge in [-0.05, 0) is 30.4 Å². The topological polar surface area (TPSA) is 48.0 Å². The summed E-state index contributed by atoms with van der Waals surface area (Å²) >= 11 is 0. The van der Waals surface area contributed by atoms with Crippen molar-refractivity contribution in [3.63, 3.8) is 0 Å². The summed E-state index contributed by atoms with van der Waals surface area (Å²) in [4.78, 5) is 11.6. The molecule has 2 N–H and O–H groups in total. The van der Waals surface area contributed by atoms with Crippen molar-refractivity contribution in [1.29, 1.82) is 0 Å². The fraction of sp³-hybridized carbons (Fsp3) is 0.583. The molecule has 1 aromatic heterocycles. The average Bonchev–Trinajstić information content (AvgIpc) is 2.10. The fourth-order valence-corrected chi connectivity index (χ4v) is 1.51. The number of aromatic nitrogens is 1. The fourth-order valence-electron chi connectivity index (χ4n) is 1.51. The monoisotopic (exact) mass is 208 g/mol. The molecule has 0 fully saturated rings. The van der Waals surface area contributed by atoms with Crippen LogP contribution in [-0.2, 0) is 6.54 Å². The van der Waals surface area contributed by atoms with E-state index in [9.17, 15) is 4.79 Å². The molecular formula is C12H20N2O. The van der Waals surface area contributed by atoms with Crippen molar-refractivity contribution in [3.05, 3.63) is 28.7 Å². The minimum atomic E-state index is -0.0774. The van der Waals surface area contributed by atoms with Crippen molar-refractivity contribution in [2.75, 3.05) is 5.73 Å². The SMILES string of the molecule is CC(C)(C)CCCn1cccc(N)c1=O. The van der Waals surface area contributed by atoms with Crippen molar-refractivity contribution >= 4 is 5.69 Å². The molecule has 0 unspecified atom stereocenters. The Kier molecular flexibility index (Phi) is 3.56. The molecule has 0 bridgehead atoms. The Bertz CT molecular complexity index is 374. The first kappa shape index (κ1) is 11.8. The van der Waals surface area contributed by atoms with Crippen LogP contribution in [0.25, 0.3) is 0 Å². The van der Waals surface area contributed by atoms with Gasteiger partial charge in [0.15, 0.2) is 0 Å². The maximum atomic E-state index is 11.6. The second-order valence-corrected chi connectivity index (χ2v) is 5.13. The Morgan fingerprint density at radius 2 is 2.07 bits per heavy atom. The summed E-state index contributed by atoms with van der Waals surface area (Å²) in [6, 6.07) is 3.45. The summed E-state index contributed by atoms with van der Waals surface area (Å²) in [5.41, 5.74) is 6.12. The van der Waals surface area contributed by atoms with Crippen LogP contribution in [0.5, 0.6) is 0 Å². The van der Waals surface area contributed by atoms with E-state index in [1.54, 1.807) is 16.8 Å². The van der Waals surface area contributed by atoms with E-state index in [-0.39, 0.29) is 5.56 Å². The van der Waals surface area contributed by atoms with Crippen LogP contribution in [0.15, 0.2) is 23.1 Å². The highest BCUT2D eigenvalue weighted by atomic mass is 16.1. The number of hydrogen-bond acceptors (Lipinski definition) is 2. The molecule has 0 saturated carbocycles. The molecular weight excluding hydrogens is 188 g/mol. The smallest absolute Gasteiger partial charge is 0.273 e. The molecule has 1 rings (SSSR count). The number of nitrogens with two attached hydrogens (primary N) is 1. The second kappa shape index (κ2) is 4.51. The number of aryl methyl sites for hydroxylation is 1. The normalized spacial score (nSPS) is 11.7. The molecule has 0 aliphatic rings. The lowest BCUT2D eigenvalue weighted by atomic mass is 9.91. The van der Waals surface area contributed by atoms with Gasteiger partial charge in [0.1, 0.15) is 0 Å². The summed E-state index contributed by atoms with van der Waals surface area (Å²) in [5, 5.41) is 0. The van der Waals surface area contributed by atoms with Crippen LogP contribution >= 0.6 is 0 Å². The van der Waals surface area contributed by atoms with Gasteiger partial charge in [-0.25, -0.2) is 0 Å². The van der Waals surface area contributed by atoms with Crippen molar-refractivity contribution < 1.29 is 0 Å². The predicted molar refractivity (Wildman–Crippen MR) is 63.8 cm³/mol. The van der Waals surface area contributed by atoms with Gasteiger partial charge in [-0.2, -0.15) is 0 Å². The molecule has 0 saturated heterocycles. The summed E-state index contributed by atoms with van der Waals surface area (Å²) in [7, 11) is 0. The van der Waals surface area contributed by atoms with Crippen LogP contribution < -0.4 is 11.3 Å². The molecule has 0 aliphatic heterocycles. The number of anilines is 1. The van der Waals surface area contributed by atoms with E-state index in [1.807, 2.05) is 6.07 Å². The zero-order valence-electron chi connectivity index (χ0n) is 9.79. The summed E-state index contributed by atoms with van der Waals surface area (Å²) in [6.45, 7) is 7.36. The first-order valence-electron chi connectivity index (χ1n) is 5.35. The standard InChI is InChI=1S/C12H20N2O/c1-12(2,3)7-5-9-14-8-4-6-10(13)11(14)15/h4,6,8H,5,7,9,13H2,1-3H3. The minimum absolute atomic E-state index is 0.0774. The van der Waals surface area contributed by atoms with Gasteiger partial charge < -0.3 is 10.3 Å². The van der Waals surface area contributed by atoms with E-state index in [0.717, 1.165) is 19.4 Å². The second-order valence-electron chi connectivity index (χ2n) is 5.13. The zero-order chi connectivity index (χ0) is 11.5. The Labute approximate surface area is 90.9 Å². The Hall–Kier alpha value is -1.25. The van der Waals surface area contributed by atoms with E-state index in [4.69, 9.17) is 5.73 Å². The van der Waals surface area contributed by atoms with Crippen LogP contribution in [0.4, 0.5) is 5.69 Å². The average molecular weight is 208 g/mol. The lowest BCUT2D eigenvalue weighted by Crippen LogP contribution is -2.22. The maximum absolute atomic E-state index is 11.6. The number of hydrogen-bond donors (Lipinski definition) is 1. The van der Waals surface area contributed by atoms with Crippen molar-refractivity contribution in [2.45, 2.75) is 40.2 Å². The van der Waals surface area contributed by atoms with E-state index >= 15 is 0 Å². The Morgan fingerprint density at radius 3 is 2.67 bits per heavy atom. The third kappa shape index (κ3) is 3.78. The summed E-state index contributed by atoms with van der Waals surface area (Å²) in [6.07, 6.45) is 3.91. The molecule has 0 atom stereocenters. The molecule has 0 amide bonds. The lowest BCUT2D eigenvalue weighted by molar-refractivity contribution is 0.352. The number of pyridine rings is 1. The predicted octanol–water partition coefficient (Wildman–Crippen LogP) is 2.26. The summed E-state index contributed by atoms with van der Waals surface area (Å²) < 4.78 is 1.68. The van der Waals surface area contributed by atoms with Crippen LogP contribution in [0.2, 0.25) is 0 Å². The molecule has 0 aliphatic carbocycles. The number of rotatable bonds is 3. The molecule has 3 nitrogen and oxygen atoms in total. The molecule has 0 radical (unpaired) electrons. The van der Waals surface area contributed by atoms with E-state index in [1.165, 1.54) is 0 Å². The van der Waals surface area contributed by atoms with Crippen LogP contribution in [0, 0.1) is 5.41 Å². The molecule has 1 heterocycles. The molecule has 15 heavy (non-hydrogen) atoms. The minimum Gasteiger partial charge on any atom is -0.394 e. The largest absolute Gasteiger partial charge is 0.394 e. The van der Waals surface area contributed by atoms with Crippen molar-refractivity contribution in [2.24, 2.45) is 5.41 Å². The van der Waals surface area contributed by atoms with Crippen LogP contribution in [-0.4, -0.2) is 4.57 Å². The van der Waals surface area contributed by atoms with Gasteiger partial charge in [-0.1, -0.05) is 20.8 Å². The van der Waals surface area contributed by atoms with Gasteiger partial charge in [0.05, 0.1) is 5.69 Å². The van der Waals surface area contributed by atoms with Gasteiger partial charge in [0.25, 0.3) is 5.56 Å². The number of nitrogen functional groups attached to an aromatic ring is 1. The molecule has 1 aromatic rings.